The van der Waals surface area contributed by atoms with Crippen LogP contribution in [0, 0.1) is 5.92 Å². The van der Waals surface area contributed by atoms with Crippen molar-refractivity contribution in [1.82, 2.24) is 4.90 Å². The molecule has 4 heteroatoms. The number of hydrogen-bond acceptors (Lipinski definition) is 3. The number of nitrogens with zero attached hydrogens (tertiary/aromatic N) is 1. The highest BCUT2D eigenvalue weighted by Crippen LogP contribution is 2.29. The second-order valence-corrected chi connectivity index (χ2v) is 5.88. The lowest BCUT2D eigenvalue weighted by Gasteiger charge is -2.35. The molecule has 0 aromatic rings. The molecular weight excluding hydrogens is 298 g/mol. The molecule has 1 rings (SSSR count). The predicted octanol–water partition coefficient (Wildman–Crippen LogP) is 4.31. The standard InChI is InChI=1S/C18H35NO2.ClH/c1-5-10-16-11-12-17(20-8-4)18(15-16)21-14-9-13-19(6-2)7-3;/h5,10,16-18H,6-9,11-15H2,1-4H3;1H/b10-5+;. The molecule has 0 spiro atoms. The van der Waals surface area contributed by atoms with E-state index in [-0.39, 0.29) is 18.5 Å². The fourth-order valence-corrected chi connectivity index (χ4v) is 3.22. The molecule has 1 saturated carbocycles. The number of hydrogen-bond donors (Lipinski definition) is 0. The van der Waals surface area contributed by atoms with Crippen molar-refractivity contribution in [3.8, 4) is 0 Å². The molecule has 22 heavy (non-hydrogen) atoms. The van der Waals surface area contributed by atoms with E-state index < -0.39 is 0 Å². The van der Waals surface area contributed by atoms with Gasteiger partial charge in [-0.3, -0.25) is 0 Å². The third kappa shape index (κ3) is 7.96. The van der Waals surface area contributed by atoms with Crippen LogP contribution >= 0.6 is 12.4 Å². The van der Waals surface area contributed by atoms with Crippen LogP contribution in [0.25, 0.3) is 0 Å². The first-order valence-corrected chi connectivity index (χ1v) is 8.83. The fourth-order valence-electron chi connectivity index (χ4n) is 3.22. The van der Waals surface area contributed by atoms with Gasteiger partial charge < -0.3 is 14.4 Å². The van der Waals surface area contributed by atoms with Crippen LogP contribution in [0.4, 0.5) is 0 Å². The van der Waals surface area contributed by atoms with E-state index in [9.17, 15) is 0 Å². The highest BCUT2D eigenvalue weighted by molar-refractivity contribution is 5.85. The molecule has 0 amide bonds. The lowest BCUT2D eigenvalue weighted by atomic mass is 9.85. The monoisotopic (exact) mass is 333 g/mol. The Morgan fingerprint density at radius 3 is 2.36 bits per heavy atom. The van der Waals surface area contributed by atoms with Crippen molar-refractivity contribution in [2.24, 2.45) is 5.92 Å². The topological polar surface area (TPSA) is 21.7 Å². The molecular formula is C18H36ClNO2. The van der Waals surface area contributed by atoms with Crippen LogP contribution < -0.4 is 0 Å². The van der Waals surface area contributed by atoms with Crippen LogP contribution in [0.1, 0.15) is 53.4 Å². The largest absolute Gasteiger partial charge is 0.376 e. The molecule has 0 N–H and O–H groups in total. The Bertz CT molecular complexity index is 282. The van der Waals surface area contributed by atoms with Crippen molar-refractivity contribution < 1.29 is 9.47 Å². The van der Waals surface area contributed by atoms with Crippen LogP contribution in [-0.4, -0.2) is 50.0 Å². The summed E-state index contributed by atoms with van der Waals surface area (Å²) in [6, 6.07) is 0. The summed E-state index contributed by atoms with van der Waals surface area (Å²) in [4.78, 5) is 2.45. The first kappa shape index (κ1) is 21.9. The minimum atomic E-state index is 0. The molecule has 0 aromatic carbocycles. The van der Waals surface area contributed by atoms with Crippen molar-refractivity contribution >= 4 is 12.4 Å². The number of halogens is 1. The van der Waals surface area contributed by atoms with E-state index in [1.54, 1.807) is 0 Å². The van der Waals surface area contributed by atoms with E-state index in [1.165, 1.54) is 6.42 Å². The van der Waals surface area contributed by atoms with Crippen LogP contribution in [0.3, 0.4) is 0 Å². The number of allylic oxidation sites excluding steroid dienone is 2. The van der Waals surface area contributed by atoms with Gasteiger partial charge in [0.15, 0.2) is 0 Å². The summed E-state index contributed by atoms with van der Waals surface area (Å²) in [6.45, 7) is 13.7. The van der Waals surface area contributed by atoms with Crippen molar-refractivity contribution in [3.05, 3.63) is 12.2 Å². The maximum Gasteiger partial charge on any atom is 0.0842 e. The lowest BCUT2D eigenvalue weighted by molar-refractivity contribution is -0.0968. The molecule has 0 radical (unpaired) electrons. The van der Waals surface area contributed by atoms with Crippen molar-refractivity contribution in [3.63, 3.8) is 0 Å². The minimum Gasteiger partial charge on any atom is -0.376 e. The smallest absolute Gasteiger partial charge is 0.0842 e. The molecule has 0 bridgehead atoms. The number of rotatable bonds is 10. The summed E-state index contributed by atoms with van der Waals surface area (Å²) in [5.74, 6) is 0.666. The summed E-state index contributed by atoms with van der Waals surface area (Å²) < 4.78 is 12.1. The fraction of sp³-hybridized carbons (Fsp3) is 0.889. The van der Waals surface area contributed by atoms with Gasteiger partial charge in [0.2, 0.25) is 0 Å². The van der Waals surface area contributed by atoms with Crippen LogP contribution in [-0.2, 0) is 9.47 Å². The SMILES string of the molecule is C/C=C/C1CCC(OCC)C(OCCCN(CC)CC)C1.Cl. The highest BCUT2D eigenvalue weighted by Gasteiger charge is 2.30. The van der Waals surface area contributed by atoms with Crippen LogP contribution in [0.5, 0.6) is 0 Å². The summed E-state index contributed by atoms with van der Waals surface area (Å²) in [6.07, 6.45) is 9.66. The van der Waals surface area contributed by atoms with E-state index in [2.05, 4.69) is 44.7 Å². The summed E-state index contributed by atoms with van der Waals surface area (Å²) in [5.41, 5.74) is 0. The Kier molecular flexibility index (Phi) is 13.3. The quantitative estimate of drug-likeness (QED) is 0.439. The van der Waals surface area contributed by atoms with E-state index in [4.69, 9.17) is 9.47 Å². The lowest BCUT2D eigenvalue weighted by Crippen LogP contribution is -2.38. The highest BCUT2D eigenvalue weighted by atomic mass is 35.5. The third-order valence-corrected chi connectivity index (χ3v) is 4.46. The Balaban J connectivity index is 0.00000441. The average molecular weight is 334 g/mol. The van der Waals surface area contributed by atoms with Gasteiger partial charge in [-0.25, -0.2) is 0 Å². The summed E-state index contributed by atoms with van der Waals surface area (Å²) >= 11 is 0. The molecule has 0 aliphatic heterocycles. The van der Waals surface area contributed by atoms with Crippen LogP contribution in [0.2, 0.25) is 0 Å². The average Bonchev–Trinajstić information content (AvgIpc) is 2.50. The zero-order chi connectivity index (χ0) is 15.5. The first-order chi connectivity index (χ1) is 10.2. The molecule has 1 aliphatic rings. The van der Waals surface area contributed by atoms with Gasteiger partial charge in [-0.05, 0) is 58.5 Å². The van der Waals surface area contributed by atoms with Gasteiger partial charge in [-0.15, -0.1) is 12.4 Å². The molecule has 132 valence electrons. The molecule has 0 saturated heterocycles. The third-order valence-electron chi connectivity index (χ3n) is 4.46. The maximum atomic E-state index is 6.18. The zero-order valence-corrected chi connectivity index (χ0v) is 15.7. The van der Waals surface area contributed by atoms with Gasteiger partial charge >= 0.3 is 0 Å². The van der Waals surface area contributed by atoms with Gasteiger partial charge in [0.25, 0.3) is 0 Å². The van der Waals surface area contributed by atoms with Gasteiger partial charge in [0.1, 0.15) is 0 Å². The van der Waals surface area contributed by atoms with Crippen molar-refractivity contribution in [2.75, 3.05) is 32.8 Å². The second kappa shape index (κ2) is 13.4. The van der Waals surface area contributed by atoms with Crippen molar-refractivity contribution in [1.29, 1.82) is 0 Å². The van der Waals surface area contributed by atoms with Crippen molar-refractivity contribution in [2.45, 2.75) is 65.6 Å². The Morgan fingerprint density at radius 2 is 1.77 bits per heavy atom. The normalized spacial score (nSPS) is 25.6. The molecule has 3 unspecified atom stereocenters. The zero-order valence-electron chi connectivity index (χ0n) is 14.9. The predicted molar refractivity (Wildman–Crippen MR) is 97.0 cm³/mol. The molecule has 3 atom stereocenters. The second-order valence-electron chi connectivity index (χ2n) is 5.88. The van der Waals surface area contributed by atoms with E-state index in [0.717, 1.165) is 52.1 Å². The van der Waals surface area contributed by atoms with E-state index in [0.29, 0.717) is 12.0 Å². The Labute approximate surface area is 143 Å². The van der Waals surface area contributed by atoms with E-state index >= 15 is 0 Å². The molecule has 1 fully saturated rings. The van der Waals surface area contributed by atoms with Gasteiger partial charge in [-0.1, -0.05) is 26.0 Å². The minimum absolute atomic E-state index is 0. The number of ether oxygens (including phenoxy) is 2. The molecule has 1 aliphatic carbocycles. The Morgan fingerprint density at radius 1 is 1.05 bits per heavy atom. The van der Waals surface area contributed by atoms with Gasteiger partial charge in [-0.2, -0.15) is 0 Å². The maximum absolute atomic E-state index is 6.18. The summed E-state index contributed by atoms with van der Waals surface area (Å²) in [5, 5.41) is 0. The first-order valence-electron chi connectivity index (χ1n) is 8.83. The summed E-state index contributed by atoms with van der Waals surface area (Å²) in [7, 11) is 0. The van der Waals surface area contributed by atoms with E-state index in [1.807, 2.05) is 0 Å². The molecule has 3 nitrogen and oxygen atoms in total. The molecule has 0 heterocycles. The van der Waals surface area contributed by atoms with Crippen LogP contribution in [0.15, 0.2) is 12.2 Å². The van der Waals surface area contributed by atoms with Gasteiger partial charge in [0, 0.05) is 19.8 Å². The van der Waals surface area contributed by atoms with Gasteiger partial charge in [0.05, 0.1) is 12.2 Å². The molecule has 0 aromatic heterocycles. The Hall–Kier alpha value is -0.0900.